The van der Waals surface area contributed by atoms with Gasteiger partial charge in [-0.1, -0.05) is 66.7 Å². The molecular weight excluding hydrogens is 372 g/mol. The van der Waals surface area contributed by atoms with Crippen molar-refractivity contribution in [1.82, 2.24) is 9.80 Å². The molecule has 1 fully saturated rings. The van der Waals surface area contributed by atoms with Crippen molar-refractivity contribution in [2.45, 2.75) is 31.2 Å². The number of para-hydroxylation sites is 1. The maximum atomic E-state index is 13.8. The summed E-state index contributed by atoms with van der Waals surface area (Å²) in [5.74, 6) is 0.839. The van der Waals surface area contributed by atoms with E-state index in [1.807, 2.05) is 35.2 Å². The minimum Gasteiger partial charge on any atom is -0.479 e. The highest BCUT2D eigenvalue weighted by Gasteiger charge is 2.52. The number of rotatable bonds is 2. The van der Waals surface area contributed by atoms with Gasteiger partial charge in [0.2, 0.25) is 0 Å². The van der Waals surface area contributed by atoms with E-state index < -0.39 is 6.10 Å². The van der Waals surface area contributed by atoms with Crippen LogP contribution in [0.1, 0.15) is 34.5 Å². The van der Waals surface area contributed by atoms with Crippen LogP contribution in [-0.4, -0.2) is 34.9 Å². The SMILES string of the molecule is O=C1C(Oc2ccccc2)C2c3ccccc3CCN2C2c3ccccc3CCN12. The fraction of sp³-hybridized carbons (Fsp3) is 0.269. The molecule has 3 heterocycles. The summed E-state index contributed by atoms with van der Waals surface area (Å²) in [7, 11) is 0. The molecule has 1 amide bonds. The van der Waals surface area contributed by atoms with E-state index in [0.29, 0.717) is 0 Å². The average Bonchev–Trinajstić information content (AvgIpc) is 2.81. The van der Waals surface area contributed by atoms with Crippen LogP contribution in [0.15, 0.2) is 78.9 Å². The smallest absolute Gasteiger partial charge is 0.267 e. The molecule has 0 aliphatic carbocycles. The Labute approximate surface area is 176 Å². The van der Waals surface area contributed by atoms with Crippen LogP contribution in [0.2, 0.25) is 0 Å². The second kappa shape index (κ2) is 6.99. The number of carbonyl (C=O) groups is 1. The molecule has 3 aromatic rings. The lowest BCUT2D eigenvalue weighted by Crippen LogP contribution is -2.63. The second-order valence-corrected chi connectivity index (χ2v) is 8.34. The molecule has 0 bridgehead atoms. The van der Waals surface area contributed by atoms with Gasteiger partial charge in [0.1, 0.15) is 11.9 Å². The third-order valence-electron chi connectivity index (χ3n) is 6.75. The molecule has 3 unspecified atom stereocenters. The predicted molar refractivity (Wildman–Crippen MR) is 115 cm³/mol. The van der Waals surface area contributed by atoms with Gasteiger partial charge >= 0.3 is 0 Å². The van der Waals surface area contributed by atoms with Crippen LogP contribution in [0, 0.1) is 0 Å². The molecule has 30 heavy (non-hydrogen) atoms. The van der Waals surface area contributed by atoms with Crippen molar-refractivity contribution in [3.8, 4) is 5.75 Å². The van der Waals surface area contributed by atoms with Gasteiger partial charge in [-0.3, -0.25) is 9.69 Å². The van der Waals surface area contributed by atoms with Crippen molar-refractivity contribution in [3.63, 3.8) is 0 Å². The monoisotopic (exact) mass is 396 g/mol. The standard InChI is InChI=1S/C26H24N2O2/c29-26-24(30-20-10-2-1-3-11-20)23-21-12-6-4-8-18(21)14-16-27(23)25-22-13-7-5-9-19(22)15-17-28(25)26/h1-13,23-25H,14-17H2. The molecule has 0 radical (unpaired) electrons. The first-order chi connectivity index (χ1) is 14.8. The minimum absolute atomic E-state index is 0.0172. The van der Waals surface area contributed by atoms with Gasteiger partial charge in [0.25, 0.3) is 5.91 Å². The molecule has 0 aromatic heterocycles. The zero-order valence-corrected chi connectivity index (χ0v) is 16.8. The number of nitrogens with zero attached hydrogens (tertiary/aromatic N) is 2. The fourth-order valence-corrected chi connectivity index (χ4v) is 5.42. The molecule has 4 heteroatoms. The molecule has 0 spiro atoms. The first-order valence-corrected chi connectivity index (χ1v) is 10.7. The zero-order chi connectivity index (χ0) is 20.1. The van der Waals surface area contributed by atoms with Crippen LogP contribution in [-0.2, 0) is 17.6 Å². The Morgan fingerprint density at radius 1 is 0.733 bits per heavy atom. The first-order valence-electron chi connectivity index (χ1n) is 10.7. The van der Waals surface area contributed by atoms with Gasteiger partial charge in [-0.2, -0.15) is 0 Å². The number of carbonyl (C=O) groups excluding carboxylic acids is 1. The van der Waals surface area contributed by atoms with Crippen molar-refractivity contribution >= 4 is 5.91 Å². The molecule has 3 aliphatic heterocycles. The van der Waals surface area contributed by atoms with Gasteiger partial charge < -0.3 is 9.64 Å². The summed E-state index contributed by atoms with van der Waals surface area (Å²) in [6, 6.07) is 26.8. The maximum absolute atomic E-state index is 13.8. The number of hydrogen-bond acceptors (Lipinski definition) is 3. The lowest BCUT2D eigenvalue weighted by Gasteiger charge is -2.55. The molecule has 150 valence electrons. The number of fused-ring (bicyclic) bond motifs is 7. The molecular formula is C26H24N2O2. The van der Waals surface area contributed by atoms with Gasteiger partial charge in [0, 0.05) is 13.1 Å². The third kappa shape index (κ3) is 2.67. The van der Waals surface area contributed by atoms with E-state index in [0.717, 1.165) is 31.7 Å². The fourth-order valence-electron chi connectivity index (χ4n) is 5.42. The number of benzene rings is 3. The van der Waals surface area contributed by atoms with Gasteiger partial charge in [0.05, 0.1) is 6.04 Å². The lowest BCUT2D eigenvalue weighted by atomic mass is 9.83. The molecule has 3 atom stereocenters. The average molecular weight is 396 g/mol. The van der Waals surface area contributed by atoms with Crippen molar-refractivity contribution in [1.29, 1.82) is 0 Å². The Morgan fingerprint density at radius 2 is 1.37 bits per heavy atom. The van der Waals surface area contributed by atoms with Crippen molar-refractivity contribution in [2.24, 2.45) is 0 Å². The van der Waals surface area contributed by atoms with E-state index in [4.69, 9.17) is 4.74 Å². The van der Waals surface area contributed by atoms with Crippen LogP contribution in [0.25, 0.3) is 0 Å². The van der Waals surface area contributed by atoms with E-state index in [9.17, 15) is 4.79 Å². The molecule has 3 aromatic carbocycles. The zero-order valence-electron chi connectivity index (χ0n) is 16.8. The third-order valence-corrected chi connectivity index (χ3v) is 6.75. The summed E-state index contributed by atoms with van der Waals surface area (Å²) in [5, 5.41) is 0. The van der Waals surface area contributed by atoms with Gasteiger partial charge in [-0.25, -0.2) is 0 Å². The minimum atomic E-state index is -0.546. The number of hydrogen-bond donors (Lipinski definition) is 0. The summed E-state index contributed by atoms with van der Waals surface area (Å²) in [6.45, 7) is 1.65. The molecule has 0 N–H and O–H groups in total. The Bertz CT molecular complexity index is 1100. The summed E-state index contributed by atoms with van der Waals surface area (Å²) in [6.07, 6.45) is 1.32. The molecule has 0 saturated carbocycles. The molecule has 3 aliphatic rings. The van der Waals surface area contributed by atoms with Crippen molar-refractivity contribution in [3.05, 3.63) is 101 Å². The summed E-state index contributed by atoms with van der Waals surface area (Å²) in [4.78, 5) is 18.4. The largest absolute Gasteiger partial charge is 0.479 e. The Kier molecular flexibility index (Phi) is 4.13. The van der Waals surface area contributed by atoms with Crippen LogP contribution in [0.4, 0.5) is 0 Å². The highest BCUT2D eigenvalue weighted by molar-refractivity contribution is 5.84. The molecule has 6 rings (SSSR count). The Hall–Kier alpha value is -3.11. The summed E-state index contributed by atoms with van der Waals surface area (Å²) in [5.41, 5.74) is 5.16. The lowest BCUT2D eigenvalue weighted by molar-refractivity contribution is -0.168. The van der Waals surface area contributed by atoms with E-state index in [1.54, 1.807) is 0 Å². The van der Waals surface area contributed by atoms with Crippen LogP contribution in [0.3, 0.4) is 0 Å². The number of ether oxygens (including phenoxy) is 1. The predicted octanol–water partition coefficient (Wildman–Crippen LogP) is 4.13. The van der Waals surface area contributed by atoms with E-state index in [-0.39, 0.29) is 18.1 Å². The van der Waals surface area contributed by atoms with Gasteiger partial charge in [-0.15, -0.1) is 0 Å². The second-order valence-electron chi connectivity index (χ2n) is 8.34. The van der Waals surface area contributed by atoms with E-state index >= 15 is 0 Å². The summed E-state index contributed by atoms with van der Waals surface area (Å²) >= 11 is 0. The van der Waals surface area contributed by atoms with Crippen LogP contribution in [0.5, 0.6) is 5.75 Å². The molecule has 4 nitrogen and oxygen atoms in total. The highest BCUT2D eigenvalue weighted by atomic mass is 16.5. The van der Waals surface area contributed by atoms with E-state index in [1.165, 1.54) is 22.3 Å². The highest BCUT2D eigenvalue weighted by Crippen LogP contribution is 2.47. The van der Waals surface area contributed by atoms with E-state index in [2.05, 4.69) is 53.4 Å². The van der Waals surface area contributed by atoms with Crippen LogP contribution >= 0.6 is 0 Å². The maximum Gasteiger partial charge on any atom is 0.267 e. The normalized spacial score (nSPS) is 25.0. The Morgan fingerprint density at radius 3 is 2.17 bits per heavy atom. The number of amides is 1. The summed E-state index contributed by atoms with van der Waals surface area (Å²) < 4.78 is 6.40. The first kappa shape index (κ1) is 17.7. The quantitative estimate of drug-likeness (QED) is 0.653. The Balaban J connectivity index is 1.49. The van der Waals surface area contributed by atoms with Gasteiger partial charge in [0.15, 0.2) is 6.10 Å². The van der Waals surface area contributed by atoms with Crippen LogP contribution < -0.4 is 4.74 Å². The van der Waals surface area contributed by atoms with Crippen molar-refractivity contribution < 1.29 is 9.53 Å². The molecule has 1 saturated heterocycles. The topological polar surface area (TPSA) is 32.8 Å². The van der Waals surface area contributed by atoms with Crippen molar-refractivity contribution in [2.75, 3.05) is 13.1 Å². The van der Waals surface area contributed by atoms with Gasteiger partial charge in [-0.05, 0) is 47.2 Å².